The SMILES string of the molecule is CCOC(=O)C1CCN(C(=O)/C(=C\c2cccc([N+](=O)[O-])c2)NC(C)=O)CC1. The summed E-state index contributed by atoms with van der Waals surface area (Å²) in [5.74, 6) is -1.33. The predicted octanol–water partition coefficient (Wildman–Crippen LogP) is 1.87. The van der Waals surface area contributed by atoms with Crippen LogP contribution in [0.4, 0.5) is 5.69 Å². The Morgan fingerprint density at radius 2 is 2.00 bits per heavy atom. The number of non-ortho nitro benzene ring substituents is 1. The Balaban J connectivity index is 2.16. The highest BCUT2D eigenvalue weighted by Crippen LogP contribution is 2.21. The average Bonchev–Trinajstić information content (AvgIpc) is 2.67. The first kappa shape index (κ1) is 21.1. The second-order valence-corrected chi connectivity index (χ2v) is 6.41. The van der Waals surface area contributed by atoms with Gasteiger partial charge >= 0.3 is 5.97 Å². The molecule has 9 nitrogen and oxygen atoms in total. The number of rotatable bonds is 6. The largest absolute Gasteiger partial charge is 0.466 e. The fraction of sp³-hybridized carbons (Fsp3) is 0.421. The van der Waals surface area contributed by atoms with Crippen molar-refractivity contribution in [1.29, 1.82) is 0 Å². The highest BCUT2D eigenvalue weighted by molar-refractivity contribution is 6.01. The van der Waals surface area contributed by atoms with Gasteiger partial charge in [-0.05, 0) is 31.4 Å². The summed E-state index contributed by atoms with van der Waals surface area (Å²) in [5.41, 5.74) is 0.342. The Labute approximate surface area is 162 Å². The summed E-state index contributed by atoms with van der Waals surface area (Å²) in [6, 6.07) is 5.78. The number of hydrogen-bond donors (Lipinski definition) is 1. The molecule has 1 N–H and O–H groups in total. The molecule has 1 saturated heterocycles. The Morgan fingerprint density at radius 3 is 2.57 bits per heavy atom. The van der Waals surface area contributed by atoms with Crippen LogP contribution in [0.2, 0.25) is 0 Å². The highest BCUT2D eigenvalue weighted by Gasteiger charge is 2.29. The third-order valence-electron chi connectivity index (χ3n) is 4.34. The number of nitrogens with one attached hydrogen (secondary N) is 1. The van der Waals surface area contributed by atoms with Crippen molar-refractivity contribution < 1.29 is 24.0 Å². The van der Waals surface area contributed by atoms with Gasteiger partial charge in [0, 0.05) is 32.1 Å². The van der Waals surface area contributed by atoms with Gasteiger partial charge in [0.2, 0.25) is 5.91 Å². The van der Waals surface area contributed by atoms with Gasteiger partial charge in [-0.1, -0.05) is 12.1 Å². The molecular formula is C19H23N3O6. The minimum atomic E-state index is -0.530. The molecule has 2 rings (SSSR count). The van der Waals surface area contributed by atoms with E-state index in [1.54, 1.807) is 17.9 Å². The number of likely N-dealkylation sites (tertiary alicyclic amines) is 1. The number of nitrogens with zero attached hydrogens (tertiary/aromatic N) is 2. The first-order chi connectivity index (χ1) is 13.3. The number of esters is 1. The summed E-state index contributed by atoms with van der Waals surface area (Å²) < 4.78 is 5.02. The lowest BCUT2D eigenvalue weighted by molar-refractivity contribution is -0.384. The van der Waals surface area contributed by atoms with E-state index >= 15 is 0 Å². The number of hydrogen-bond acceptors (Lipinski definition) is 6. The third-order valence-corrected chi connectivity index (χ3v) is 4.34. The van der Waals surface area contributed by atoms with Crippen LogP contribution in [-0.2, 0) is 19.1 Å². The lowest BCUT2D eigenvalue weighted by Gasteiger charge is -2.31. The smallest absolute Gasteiger partial charge is 0.309 e. The molecule has 2 amide bonds. The van der Waals surface area contributed by atoms with Crippen LogP contribution in [0.25, 0.3) is 6.08 Å². The van der Waals surface area contributed by atoms with Crippen molar-refractivity contribution in [2.75, 3.05) is 19.7 Å². The van der Waals surface area contributed by atoms with Crippen LogP contribution >= 0.6 is 0 Å². The van der Waals surface area contributed by atoms with E-state index < -0.39 is 16.7 Å². The molecule has 0 saturated carbocycles. The van der Waals surface area contributed by atoms with Crippen LogP contribution in [0.1, 0.15) is 32.3 Å². The summed E-state index contributed by atoms with van der Waals surface area (Å²) in [6.07, 6.45) is 2.37. The standard InChI is InChI=1S/C19H23N3O6/c1-3-28-19(25)15-7-9-21(10-8-15)18(24)17(20-13(2)23)12-14-5-4-6-16(11-14)22(26)27/h4-6,11-12,15H,3,7-10H2,1-2H3,(H,20,23)/b17-12+. The summed E-state index contributed by atoms with van der Waals surface area (Å²) in [7, 11) is 0. The number of nitro benzene ring substituents is 1. The molecule has 1 aliphatic heterocycles. The van der Waals surface area contributed by atoms with E-state index in [2.05, 4.69) is 5.32 Å². The lowest BCUT2D eigenvalue weighted by atomic mass is 9.96. The number of carbonyl (C=O) groups is 3. The van der Waals surface area contributed by atoms with Gasteiger partial charge in [0.25, 0.3) is 11.6 Å². The minimum absolute atomic E-state index is 0.0302. The molecule has 9 heteroatoms. The molecule has 1 fully saturated rings. The minimum Gasteiger partial charge on any atom is -0.466 e. The molecule has 1 heterocycles. The third kappa shape index (κ3) is 5.63. The lowest BCUT2D eigenvalue weighted by Crippen LogP contribution is -2.43. The first-order valence-corrected chi connectivity index (χ1v) is 9.01. The molecule has 0 atom stereocenters. The van der Waals surface area contributed by atoms with Crippen molar-refractivity contribution in [3.8, 4) is 0 Å². The zero-order valence-corrected chi connectivity index (χ0v) is 15.8. The van der Waals surface area contributed by atoms with Crippen molar-refractivity contribution >= 4 is 29.5 Å². The zero-order chi connectivity index (χ0) is 20.7. The van der Waals surface area contributed by atoms with Gasteiger partial charge in [-0.3, -0.25) is 24.5 Å². The second kappa shape index (κ2) is 9.63. The predicted molar refractivity (Wildman–Crippen MR) is 101 cm³/mol. The van der Waals surface area contributed by atoms with Gasteiger partial charge in [0.1, 0.15) is 5.70 Å². The topological polar surface area (TPSA) is 119 Å². The van der Waals surface area contributed by atoms with Crippen molar-refractivity contribution in [2.24, 2.45) is 5.92 Å². The summed E-state index contributed by atoms with van der Waals surface area (Å²) in [6.45, 7) is 4.05. The van der Waals surface area contributed by atoms with Crippen LogP contribution in [0.3, 0.4) is 0 Å². The molecular weight excluding hydrogens is 366 g/mol. The maximum Gasteiger partial charge on any atom is 0.309 e. The van der Waals surface area contributed by atoms with Crippen molar-refractivity contribution in [3.05, 3.63) is 45.6 Å². The average molecular weight is 389 g/mol. The molecule has 1 aliphatic rings. The molecule has 0 radical (unpaired) electrons. The second-order valence-electron chi connectivity index (χ2n) is 6.41. The van der Waals surface area contributed by atoms with Gasteiger partial charge in [0.15, 0.2) is 0 Å². The summed E-state index contributed by atoms with van der Waals surface area (Å²) >= 11 is 0. The summed E-state index contributed by atoms with van der Waals surface area (Å²) in [5, 5.41) is 13.4. The Kier molecular flexibility index (Phi) is 7.25. The maximum absolute atomic E-state index is 12.9. The van der Waals surface area contributed by atoms with Gasteiger partial charge in [-0.2, -0.15) is 0 Å². The number of carbonyl (C=O) groups excluding carboxylic acids is 3. The van der Waals surface area contributed by atoms with Crippen LogP contribution in [0, 0.1) is 16.0 Å². The number of benzene rings is 1. The van der Waals surface area contributed by atoms with E-state index in [1.165, 1.54) is 31.2 Å². The number of piperidine rings is 1. The van der Waals surface area contributed by atoms with Crippen LogP contribution in [-0.4, -0.2) is 47.3 Å². The molecule has 0 aliphatic carbocycles. The fourth-order valence-electron chi connectivity index (χ4n) is 2.98. The molecule has 1 aromatic rings. The Morgan fingerprint density at radius 1 is 1.32 bits per heavy atom. The number of nitro groups is 1. The van der Waals surface area contributed by atoms with Gasteiger partial charge in [-0.15, -0.1) is 0 Å². The van der Waals surface area contributed by atoms with Crippen molar-refractivity contribution in [2.45, 2.75) is 26.7 Å². The fourth-order valence-corrected chi connectivity index (χ4v) is 2.98. The first-order valence-electron chi connectivity index (χ1n) is 9.01. The van der Waals surface area contributed by atoms with Crippen molar-refractivity contribution in [1.82, 2.24) is 10.2 Å². The quantitative estimate of drug-likeness (QED) is 0.343. The monoisotopic (exact) mass is 389 g/mol. The van der Waals surface area contributed by atoms with E-state index in [0.717, 1.165) is 0 Å². The normalized spacial score (nSPS) is 15.1. The van der Waals surface area contributed by atoms with Gasteiger partial charge < -0.3 is 15.0 Å². The van der Waals surface area contributed by atoms with E-state index in [-0.39, 0.29) is 23.3 Å². The summed E-state index contributed by atoms with van der Waals surface area (Å²) in [4.78, 5) is 48.2. The van der Waals surface area contributed by atoms with Crippen molar-refractivity contribution in [3.63, 3.8) is 0 Å². The van der Waals surface area contributed by atoms with E-state index in [9.17, 15) is 24.5 Å². The molecule has 1 aromatic carbocycles. The van der Waals surface area contributed by atoms with E-state index in [1.807, 2.05) is 0 Å². The molecule has 0 unspecified atom stereocenters. The van der Waals surface area contributed by atoms with E-state index in [4.69, 9.17) is 4.74 Å². The molecule has 150 valence electrons. The van der Waals surface area contributed by atoms with Gasteiger partial charge in [0.05, 0.1) is 17.4 Å². The Hall–Kier alpha value is -3.23. The Bertz CT molecular complexity index is 797. The highest BCUT2D eigenvalue weighted by atomic mass is 16.6. The maximum atomic E-state index is 12.9. The van der Waals surface area contributed by atoms with Crippen LogP contribution in [0.5, 0.6) is 0 Å². The number of amides is 2. The number of ether oxygens (including phenoxy) is 1. The van der Waals surface area contributed by atoms with Crippen LogP contribution in [0.15, 0.2) is 30.0 Å². The molecule has 0 aromatic heterocycles. The molecule has 28 heavy (non-hydrogen) atoms. The van der Waals surface area contributed by atoms with E-state index in [0.29, 0.717) is 38.1 Å². The van der Waals surface area contributed by atoms with Crippen LogP contribution < -0.4 is 5.32 Å². The molecule has 0 bridgehead atoms. The zero-order valence-electron chi connectivity index (χ0n) is 15.8. The van der Waals surface area contributed by atoms with Gasteiger partial charge in [-0.25, -0.2) is 0 Å². The molecule has 0 spiro atoms.